The second kappa shape index (κ2) is 4.49. The van der Waals surface area contributed by atoms with Gasteiger partial charge in [0, 0.05) is 5.56 Å². The zero-order valence-corrected chi connectivity index (χ0v) is 7.62. The van der Waals surface area contributed by atoms with Crippen molar-refractivity contribution in [3.05, 3.63) is 41.0 Å². The van der Waals surface area contributed by atoms with E-state index in [1.165, 1.54) is 0 Å². The van der Waals surface area contributed by atoms with Gasteiger partial charge in [0.25, 0.3) is 0 Å². The fourth-order valence-electron chi connectivity index (χ4n) is 1.12. The highest BCUT2D eigenvalue weighted by molar-refractivity contribution is 5.59. The zero-order chi connectivity index (χ0) is 9.68. The Morgan fingerprint density at radius 3 is 2.92 bits per heavy atom. The molecule has 1 heteroatoms. The van der Waals surface area contributed by atoms with Gasteiger partial charge < -0.3 is 5.11 Å². The molecule has 0 aliphatic rings. The summed E-state index contributed by atoms with van der Waals surface area (Å²) >= 11 is 0. The number of aliphatic hydroxyl groups is 1. The lowest BCUT2D eigenvalue weighted by Gasteiger charge is -1.99. The van der Waals surface area contributed by atoms with Gasteiger partial charge in [-0.1, -0.05) is 30.2 Å². The minimum Gasteiger partial charge on any atom is -0.392 e. The molecule has 0 radical (unpaired) electrons. The molecule has 1 aromatic carbocycles. The van der Waals surface area contributed by atoms with E-state index in [1.807, 2.05) is 31.2 Å². The average Bonchev–Trinajstić information content (AvgIpc) is 2.16. The Morgan fingerprint density at radius 1 is 1.54 bits per heavy atom. The van der Waals surface area contributed by atoms with Gasteiger partial charge in [-0.05, 0) is 24.1 Å². The van der Waals surface area contributed by atoms with Gasteiger partial charge >= 0.3 is 0 Å². The van der Waals surface area contributed by atoms with Crippen molar-refractivity contribution in [3.63, 3.8) is 0 Å². The molecule has 0 aromatic heterocycles. The molecule has 0 saturated heterocycles. The van der Waals surface area contributed by atoms with Crippen LogP contribution in [0.15, 0.2) is 24.3 Å². The Morgan fingerprint density at radius 2 is 2.31 bits per heavy atom. The molecular weight excluding hydrogens is 160 g/mol. The molecule has 0 amide bonds. The van der Waals surface area contributed by atoms with Crippen LogP contribution in [0.4, 0.5) is 0 Å². The molecule has 0 spiro atoms. The summed E-state index contributed by atoms with van der Waals surface area (Å²) in [6.07, 6.45) is 8.85. The minimum atomic E-state index is 0.0396. The number of benzene rings is 1. The van der Waals surface area contributed by atoms with Crippen LogP contribution in [0.3, 0.4) is 0 Å². The highest BCUT2D eigenvalue weighted by Gasteiger charge is 1.95. The largest absolute Gasteiger partial charge is 0.392 e. The van der Waals surface area contributed by atoms with Crippen LogP contribution in [0.2, 0.25) is 0 Å². The molecule has 0 heterocycles. The van der Waals surface area contributed by atoms with Gasteiger partial charge in [0.05, 0.1) is 6.61 Å². The summed E-state index contributed by atoms with van der Waals surface area (Å²) in [6.45, 7) is 2.04. The van der Waals surface area contributed by atoms with E-state index in [0.717, 1.165) is 16.7 Å². The van der Waals surface area contributed by atoms with Crippen LogP contribution in [-0.2, 0) is 0 Å². The van der Waals surface area contributed by atoms with Crippen molar-refractivity contribution in [2.24, 2.45) is 0 Å². The summed E-state index contributed by atoms with van der Waals surface area (Å²) in [5, 5.41) is 8.61. The van der Waals surface area contributed by atoms with E-state index >= 15 is 0 Å². The Balaban J connectivity index is 3.08. The maximum absolute atomic E-state index is 8.61. The first kappa shape index (κ1) is 9.57. The third-order valence-corrected chi connectivity index (χ3v) is 1.77. The smallest absolute Gasteiger partial charge is 0.0615 e. The SMILES string of the molecule is C#Cc1cc(C)ccc1/C=C/CO. The Kier molecular flexibility index (Phi) is 3.31. The molecule has 1 N–H and O–H groups in total. The minimum absolute atomic E-state index is 0.0396. The molecule has 1 rings (SSSR count). The van der Waals surface area contributed by atoms with Crippen LogP contribution in [0.25, 0.3) is 6.08 Å². The van der Waals surface area contributed by atoms with Crippen molar-refractivity contribution in [3.8, 4) is 12.3 Å². The van der Waals surface area contributed by atoms with Crippen molar-refractivity contribution in [2.45, 2.75) is 6.92 Å². The molecule has 0 aliphatic heterocycles. The summed E-state index contributed by atoms with van der Waals surface area (Å²) in [5.41, 5.74) is 2.99. The van der Waals surface area contributed by atoms with Crippen molar-refractivity contribution >= 4 is 6.08 Å². The molecule has 0 saturated carbocycles. The van der Waals surface area contributed by atoms with Crippen LogP contribution in [0.5, 0.6) is 0 Å². The first-order chi connectivity index (χ1) is 6.27. The summed E-state index contributed by atoms with van der Waals surface area (Å²) in [4.78, 5) is 0. The summed E-state index contributed by atoms with van der Waals surface area (Å²) in [6, 6.07) is 5.91. The van der Waals surface area contributed by atoms with E-state index in [-0.39, 0.29) is 6.61 Å². The number of aryl methyl sites for hydroxylation is 1. The van der Waals surface area contributed by atoms with Crippen LogP contribution in [0.1, 0.15) is 16.7 Å². The quantitative estimate of drug-likeness (QED) is 0.676. The Bertz CT molecular complexity index is 356. The predicted molar refractivity (Wildman–Crippen MR) is 55.2 cm³/mol. The predicted octanol–water partition coefficient (Wildman–Crippen LogP) is 1.98. The number of hydrogen-bond donors (Lipinski definition) is 1. The van der Waals surface area contributed by atoms with Gasteiger partial charge in [-0.15, -0.1) is 6.42 Å². The first-order valence-electron chi connectivity index (χ1n) is 4.12. The average molecular weight is 172 g/mol. The van der Waals surface area contributed by atoms with Gasteiger partial charge in [-0.25, -0.2) is 0 Å². The number of aliphatic hydroxyl groups excluding tert-OH is 1. The molecule has 1 aromatic rings. The molecule has 0 aliphatic carbocycles. The molecule has 0 bridgehead atoms. The van der Waals surface area contributed by atoms with Gasteiger partial charge in [0.2, 0.25) is 0 Å². The molecule has 1 nitrogen and oxygen atoms in total. The normalized spacial score (nSPS) is 10.2. The molecule has 0 atom stereocenters. The lowest BCUT2D eigenvalue weighted by atomic mass is 10.0. The zero-order valence-electron chi connectivity index (χ0n) is 7.62. The molecule has 0 fully saturated rings. The van der Waals surface area contributed by atoms with Crippen LogP contribution in [-0.4, -0.2) is 11.7 Å². The van der Waals surface area contributed by atoms with Crippen LogP contribution in [0, 0.1) is 19.3 Å². The van der Waals surface area contributed by atoms with Crippen molar-refractivity contribution in [1.29, 1.82) is 0 Å². The molecule has 13 heavy (non-hydrogen) atoms. The van der Waals surface area contributed by atoms with Gasteiger partial charge in [0.15, 0.2) is 0 Å². The second-order valence-electron chi connectivity index (χ2n) is 2.82. The van der Waals surface area contributed by atoms with Gasteiger partial charge in [0.1, 0.15) is 0 Å². The summed E-state index contributed by atoms with van der Waals surface area (Å²) in [7, 11) is 0. The molecular formula is C12H12O. The second-order valence-corrected chi connectivity index (χ2v) is 2.82. The monoisotopic (exact) mass is 172 g/mol. The lowest BCUT2D eigenvalue weighted by molar-refractivity contribution is 0.343. The number of rotatable bonds is 2. The van der Waals surface area contributed by atoms with Gasteiger partial charge in [-0.2, -0.15) is 0 Å². The Hall–Kier alpha value is -1.52. The third kappa shape index (κ3) is 2.47. The van der Waals surface area contributed by atoms with E-state index in [4.69, 9.17) is 11.5 Å². The molecule has 0 unspecified atom stereocenters. The topological polar surface area (TPSA) is 20.2 Å². The lowest BCUT2D eigenvalue weighted by Crippen LogP contribution is -1.84. The fraction of sp³-hybridized carbons (Fsp3) is 0.167. The standard InChI is InChI=1S/C12H12O/c1-3-11-9-10(2)6-7-12(11)5-4-8-13/h1,4-7,9,13H,8H2,2H3/b5-4+. The maximum Gasteiger partial charge on any atom is 0.0615 e. The van der Waals surface area contributed by atoms with E-state index in [9.17, 15) is 0 Å². The highest BCUT2D eigenvalue weighted by atomic mass is 16.2. The van der Waals surface area contributed by atoms with Crippen LogP contribution >= 0.6 is 0 Å². The van der Waals surface area contributed by atoms with Crippen molar-refractivity contribution in [1.82, 2.24) is 0 Å². The third-order valence-electron chi connectivity index (χ3n) is 1.77. The number of terminal acetylenes is 1. The fourth-order valence-corrected chi connectivity index (χ4v) is 1.12. The van der Waals surface area contributed by atoms with Gasteiger partial charge in [-0.3, -0.25) is 0 Å². The Labute approximate surface area is 78.7 Å². The highest BCUT2D eigenvalue weighted by Crippen LogP contribution is 2.11. The van der Waals surface area contributed by atoms with E-state index in [1.54, 1.807) is 6.08 Å². The summed E-state index contributed by atoms with van der Waals surface area (Å²) < 4.78 is 0. The molecule has 66 valence electrons. The van der Waals surface area contributed by atoms with Crippen molar-refractivity contribution in [2.75, 3.05) is 6.61 Å². The van der Waals surface area contributed by atoms with E-state index < -0.39 is 0 Å². The number of hydrogen-bond acceptors (Lipinski definition) is 1. The first-order valence-corrected chi connectivity index (χ1v) is 4.12. The summed E-state index contributed by atoms with van der Waals surface area (Å²) in [5.74, 6) is 2.61. The maximum atomic E-state index is 8.61. The van der Waals surface area contributed by atoms with Crippen LogP contribution < -0.4 is 0 Å². The van der Waals surface area contributed by atoms with Crippen molar-refractivity contribution < 1.29 is 5.11 Å². The van der Waals surface area contributed by atoms with E-state index in [0.29, 0.717) is 0 Å². The van der Waals surface area contributed by atoms with E-state index in [2.05, 4.69) is 5.92 Å².